The van der Waals surface area contributed by atoms with E-state index < -0.39 is 0 Å². The summed E-state index contributed by atoms with van der Waals surface area (Å²) in [5.41, 5.74) is 10.7. The molecule has 2 heteroatoms. The molecule has 0 bridgehead atoms. The first-order valence-corrected chi connectivity index (χ1v) is 6.81. The molecule has 2 aromatic carbocycles. The van der Waals surface area contributed by atoms with Crippen LogP contribution in [0.15, 0.2) is 48.5 Å². The Balaban J connectivity index is 2.29. The van der Waals surface area contributed by atoms with Crippen LogP contribution in [0.3, 0.4) is 0 Å². The minimum absolute atomic E-state index is 0.716. The van der Waals surface area contributed by atoms with Crippen LogP contribution in [-0.2, 0) is 0 Å². The maximum Gasteiger partial charge on any atom is 0.0410 e. The van der Waals surface area contributed by atoms with E-state index in [9.17, 15) is 0 Å². The number of hydrogen-bond donors (Lipinski definition) is 1. The van der Waals surface area contributed by atoms with Gasteiger partial charge in [0.15, 0.2) is 0 Å². The van der Waals surface area contributed by atoms with Crippen LogP contribution in [0, 0.1) is 13.8 Å². The van der Waals surface area contributed by atoms with Crippen molar-refractivity contribution in [1.82, 2.24) is 0 Å². The van der Waals surface area contributed by atoms with Crippen molar-refractivity contribution in [3.63, 3.8) is 0 Å². The van der Waals surface area contributed by atoms with E-state index in [1.54, 1.807) is 0 Å². The van der Waals surface area contributed by atoms with Gasteiger partial charge in [-0.25, -0.2) is 0 Å². The molecule has 0 heterocycles. The van der Waals surface area contributed by atoms with E-state index in [1.165, 1.54) is 22.5 Å². The highest BCUT2D eigenvalue weighted by atomic mass is 15.1. The first-order chi connectivity index (χ1) is 9.20. The third kappa shape index (κ3) is 3.58. The molecule has 100 valence electrons. The monoisotopic (exact) mass is 254 g/mol. The molecular formula is C17H22N2. The molecule has 0 radical (unpaired) electrons. The van der Waals surface area contributed by atoms with Crippen molar-refractivity contribution in [2.75, 3.05) is 18.0 Å². The van der Waals surface area contributed by atoms with Crippen LogP contribution >= 0.6 is 0 Å². The Bertz CT molecular complexity index is 454. The Morgan fingerprint density at radius 3 is 1.58 bits per heavy atom. The van der Waals surface area contributed by atoms with E-state index in [0.29, 0.717) is 6.54 Å². The molecule has 0 aliphatic heterocycles. The predicted molar refractivity (Wildman–Crippen MR) is 83.0 cm³/mol. The summed E-state index contributed by atoms with van der Waals surface area (Å²) in [6.07, 6.45) is 0.988. The van der Waals surface area contributed by atoms with Crippen molar-refractivity contribution < 1.29 is 0 Å². The van der Waals surface area contributed by atoms with Crippen LogP contribution in [0.1, 0.15) is 17.5 Å². The SMILES string of the molecule is Cc1ccc(N(CCCN)c2ccc(C)cc2)cc1. The topological polar surface area (TPSA) is 29.3 Å². The summed E-state index contributed by atoms with van der Waals surface area (Å²) < 4.78 is 0. The number of nitrogens with zero attached hydrogens (tertiary/aromatic N) is 1. The highest BCUT2D eigenvalue weighted by Gasteiger charge is 2.08. The number of rotatable bonds is 5. The van der Waals surface area contributed by atoms with Crippen molar-refractivity contribution in [1.29, 1.82) is 0 Å². The lowest BCUT2D eigenvalue weighted by Crippen LogP contribution is -2.20. The summed E-state index contributed by atoms with van der Waals surface area (Å²) in [4.78, 5) is 2.33. The molecule has 0 atom stereocenters. The Morgan fingerprint density at radius 2 is 1.21 bits per heavy atom. The summed E-state index contributed by atoms with van der Waals surface area (Å²) in [7, 11) is 0. The maximum absolute atomic E-state index is 5.65. The van der Waals surface area contributed by atoms with Gasteiger partial charge in [-0.2, -0.15) is 0 Å². The highest BCUT2D eigenvalue weighted by Crippen LogP contribution is 2.26. The molecule has 2 aromatic rings. The number of benzene rings is 2. The smallest absolute Gasteiger partial charge is 0.0410 e. The van der Waals surface area contributed by atoms with E-state index >= 15 is 0 Å². The predicted octanol–water partition coefficient (Wildman–Crippen LogP) is 3.79. The van der Waals surface area contributed by atoms with E-state index in [0.717, 1.165) is 13.0 Å². The van der Waals surface area contributed by atoms with Crippen LogP contribution in [0.5, 0.6) is 0 Å². The number of anilines is 2. The zero-order valence-electron chi connectivity index (χ0n) is 11.8. The largest absolute Gasteiger partial charge is 0.341 e. The molecule has 2 rings (SSSR count). The fourth-order valence-corrected chi connectivity index (χ4v) is 2.11. The van der Waals surface area contributed by atoms with Gasteiger partial charge < -0.3 is 10.6 Å². The minimum Gasteiger partial charge on any atom is -0.341 e. The van der Waals surface area contributed by atoms with Gasteiger partial charge >= 0.3 is 0 Å². The molecule has 2 N–H and O–H groups in total. The van der Waals surface area contributed by atoms with E-state index in [-0.39, 0.29) is 0 Å². The molecule has 0 aliphatic carbocycles. The molecule has 0 aliphatic rings. The quantitative estimate of drug-likeness (QED) is 0.879. The minimum atomic E-state index is 0.716. The first kappa shape index (κ1) is 13.6. The lowest BCUT2D eigenvalue weighted by Gasteiger charge is -2.25. The standard InChI is InChI=1S/C17H22N2/c1-14-4-8-16(9-5-14)19(13-3-12-18)17-10-6-15(2)7-11-17/h4-11H,3,12-13,18H2,1-2H3. The van der Waals surface area contributed by atoms with Gasteiger partial charge in [0.1, 0.15) is 0 Å². The van der Waals surface area contributed by atoms with Crippen molar-refractivity contribution in [3.05, 3.63) is 59.7 Å². The number of nitrogens with two attached hydrogens (primary N) is 1. The average molecular weight is 254 g/mol. The zero-order chi connectivity index (χ0) is 13.7. The lowest BCUT2D eigenvalue weighted by atomic mass is 10.1. The van der Waals surface area contributed by atoms with Crippen LogP contribution in [0.4, 0.5) is 11.4 Å². The van der Waals surface area contributed by atoms with Crippen LogP contribution in [0.2, 0.25) is 0 Å². The first-order valence-electron chi connectivity index (χ1n) is 6.81. The molecule has 0 unspecified atom stereocenters. The second-order valence-corrected chi connectivity index (χ2v) is 4.96. The van der Waals surface area contributed by atoms with Gasteiger partial charge in [-0.05, 0) is 51.1 Å². The Hall–Kier alpha value is -1.80. The number of hydrogen-bond acceptors (Lipinski definition) is 2. The van der Waals surface area contributed by atoms with Gasteiger partial charge in [0.25, 0.3) is 0 Å². The van der Waals surface area contributed by atoms with E-state index in [2.05, 4.69) is 67.3 Å². The fourth-order valence-electron chi connectivity index (χ4n) is 2.11. The molecule has 0 fully saturated rings. The van der Waals surface area contributed by atoms with Gasteiger partial charge in [0.2, 0.25) is 0 Å². The molecule has 0 spiro atoms. The summed E-state index contributed by atoms with van der Waals surface area (Å²) in [6, 6.07) is 17.3. The third-order valence-corrected chi connectivity index (χ3v) is 3.28. The molecule has 0 saturated heterocycles. The molecular weight excluding hydrogens is 232 g/mol. The molecule has 0 aromatic heterocycles. The third-order valence-electron chi connectivity index (χ3n) is 3.28. The highest BCUT2D eigenvalue weighted by molar-refractivity contribution is 5.63. The van der Waals surface area contributed by atoms with Crippen molar-refractivity contribution in [3.8, 4) is 0 Å². The fraction of sp³-hybridized carbons (Fsp3) is 0.294. The van der Waals surface area contributed by atoms with Crippen LogP contribution in [-0.4, -0.2) is 13.1 Å². The second-order valence-electron chi connectivity index (χ2n) is 4.96. The summed E-state index contributed by atoms with van der Waals surface area (Å²) >= 11 is 0. The van der Waals surface area contributed by atoms with Crippen molar-refractivity contribution >= 4 is 11.4 Å². The summed E-state index contributed by atoms with van der Waals surface area (Å²) in [6.45, 7) is 5.89. The Kier molecular flexibility index (Phi) is 4.58. The lowest BCUT2D eigenvalue weighted by molar-refractivity contribution is 0.818. The number of aryl methyl sites for hydroxylation is 2. The summed E-state index contributed by atoms with van der Waals surface area (Å²) in [5.74, 6) is 0. The van der Waals surface area contributed by atoms with Crippen molar-refractivity contribution in [2.24, 2.45) is 5.73 Å². The Morgan fingerprint density at radius 1 is 0.789 bits per heavy atom. The van der Waals surface area contributed by atoms with Crippen LogP contribution in [0.25, 0.3) is 0 Å². The zero-order valence-corrected chi connectivity index (χ0v) is 11.8. The summed E-state index contributed by atoms with van der Waals surface area (Å²) in [5, 5.41) is 0. The van der Waals surface area contributed by atoms with Crippen molar-refractivity contribution in [2.45, 2.75) is 20.3 Å². The second kappa shape index (κ2) is 6.39. The molecule has 0 amide bonds. The van der Waals surface area contributed by atoms with Crippen LogP contribution < -0.4 is 10.6 Å². The van der Waals surface area contributed by atoms with Gasteiger partial charge in [0, 0.05) is 17.9 Å². The van der Waals surface area contributed by atoms with Gasteiger partial charge in [-0.1, -0.05) is 35.4 Å². The average Bonchev–Trinajstić information content (AvgIpc) is 2.43. The molecule has 0 saturated carbocycles. The van der Waals surface area contributed by atoms with E-state index in [1.807, 2.05) is 0 Å². The molecule has 2 nitrogen and oxygen atoms in total. The molecule has 19 heavy (non-hydrogen) atoms. The van der Waals surface area contributed by atoms with Gasteiger partial charge in [-0.3, -0.25) is 0 Å². The maximum atomic E-state index is 5.65. The van der Waals surface area contributed by atoms with E-state index in [4.69, 9.17) is 5.73 Å². The van der Waals surface area contributed by atoms with Gasteiger partial charge in [-0.15, -0.1) is 0 Å². The van der Waals surface area contributed by atoms with Gasteiger partial charge in [0.05, 0.1) is 0 Å². The Labute approximate surface area is 115 Å². The normalized spacial score (nSPS) is 10.5.